The van der Waals surface area contributed by atoms with Crippen LogP contribution in [0.25, 0.3) is 10.6 Å². The highest BCUT2D eigenvalue weighted by molar-refractivity contribution is 7.15. The van der Waals surface area contributed by atoms with Crippen molar-refractivity contribution in [2.45, 2.75) is 39.4 Å². The molecule has 0 spiro atoms. The second-order valence-electron chi connectivity index (χ2n) is 8.87. The smallest absolute Gasteiger partial charge is 0.336 e. The number of hydroxylamine groups is 2. The van der Waals surface area contributed by atoms with E-state index in [1.54, 1.807) is 29.5 Å². The number of thiazole rings is 1. The van der Waals surface area contributed by atoms with E-state index in [1.165, 1.54) is 11.3 Å². The predicted molar refractivity (Wildman–Crippen MR) is 114 cm³/mol. The number of carbonyl (C=O) groups excluding carboxylic acids is 1. The Hall–Kier alpha value is -2.49. The van der Waals surface area contributed by atoms with Gasteiger partial charge in [0, 0.05) is 30.1 Å². The second-order valence-corrected chi connectivity index (χ2v) is 10.1. The fourth-order valence-corrected chi connectivity index (χ4v) is 4.83. The number of aromatic nitrogens is 1. The average Bonchev–Trinajstić information content (AvgIpc) is 3.40. The lowest BCUT2D eigenvalue weighted by Gasteiger charge is -2.30. The molecule has 2 saturated heterocycles. The van der Waals surface area contributed by atoms with Gasteiger partial charge in [-0.1, -0.05) is 6.07 Å². The Bertz CT molecular complexity index is 998. The Morgan fingerprint density at radius 3 is 2.71 bits per heavy atom. The highest BCUT2D eigenvalue weighted by Gasteiger charge is 2.51. The number of aryl methyl sites for hydroxylation is 1. The summed E-state index contributed by atoms with van der Waals surface area (Å²) in [6, 6.07) is 4.92. The van der Waals surface area contributed by atoms with E-state index >= 15 is 0 Å². The lowest BCUT2D eigenvalue weighted by atomic mass is 9.90. The van der Waals surface area contributed by atoms with E-state index in [-0.39, 0.29) is 36.1 Å². The third kappa shape index (κ3) is 4.58. The highest BCUT2D eigenvalue weighted by Crippen LogP contribution is 2.39. The van der Waals surface area contributed by atoms with Crippen LogP contribution in [0.5, 0.6) is 5.75 Å². The minimum atomic E-state index is -1.04. The Morgan fingerprint density at radius 2 is 2.10 bits per heavy atom. The van der Waals surface area contributed by atoms with E-state index in [2.05, 4.69) is 4.98 Å². The van der Waals surface area contributed by atoms with Gasteiger partial charge >= 0.3 is 11.9 Å². The van der Waals surface area contributed by atoms with Gasteiger partial charge in [0.25, 0.3) is 0 Å². The van der Waals surface area contributed by atoms with Gasteiger partial charge in [-0.3, -0.25) is 9.63 Å². The maximum absolute atomic E-state index is 12.6. The largest absolute Gasteiger partial charge is 0.490 e. The second kappa shape index (κ2) is 8.22. The predicted octanol–water partition coefficient (Wildman–Crippen LogP) is 3.40. The van der Waals surface area contributed by atoms with Crippen LogP contribution >= 0.6 is 11.3 Å². The number of benzene rings is 1. The Kier molecular flexibility index (Phi) is 5.76. The molecule has 0 radical (unpaired) electrons. The van der Waals surface area contributed by atoms with Gasteiger partial charge in [-0.05, 0) is 39.8 Å². The molecule has 4 unspecified atom stereocenters. The summed E-state index contributed by atoms with van der Waals surface area (Å²) in [5, 5.41) is 12.0. The van der Waals surface area contributed by atoms with Crippen molar-refractivity contribution < 1.29 is 29.0 Å². The molecule has 1 aromatic heterocycles. The van der Waals surface area contributed by atoms with Gasteiger partial charge in [0.1, 0.15) is 29.1 Å². The van der Waals surface area contributed by atoms with Crippen LogP contribution in [0.3, 0.4) is 0 Å². The van der Waals surface area contributed by atoms with Crippen molar-refractivity contribution in [3.8, 4) is 16.3 Å². The van der Waals surface area contributed by atoms with Crippen LogP contribution in [0.2, 0.25) is 0 Å². The number of ether oxygens (including phenoxy) is 2. The number of nitrogens with zero attached hydrogens (tertiary/aromatic N) is 2. The van der Waals surface area contributed by atoms with Crippen molar-refractivity contribution in [1.29, 1.82) is 0 Å². The third-order valence-electron chi connectivity index (χ3n) is 5.30. The number of fused-ring (bicyclic) bond motifs is 2. The maximum atomic E-state index is 12.6. The van der Waals surface area contributed by atoms with Crippen molar-refractivity contribution in [3.05, 3.63) is 34.8 Å². The van der Waals surface area contributed by atoms with Gasteiger partial charge in [0.15, 0.2) is 0 Å². The fraction of sp³-hybridized carbons (Fsp3) is 0.500. The molecule has 31 heavy (non-hydrogen) atoms. The number of carboxylic acids is 1. The number of hydrogen-bond acceptors (Lipinski definition) is 8. The van der Waals surface area contributed by atoms with Crippen LogP contribution in [0.4, 0.5) is 0 Å². The molecule has 9 heteroatoms. The quantitative estimate of drug-likeness (QED) is 0.674. The van der Waals surface area contributed by atoms with E-state index in [9.17, 15) is 14.7 Å². The van der Waals surface area contributed by atoms with Crippen LogP contribution < -0.4 is 4.74 Å². The molecule has 166 valence electrons. The SMILES string of the molecule is Cc1cnc(-c2c(OCC3ON4CC(C(=O)OC(C)(C)C)C3C4)cccc2C(=O)O)s1. The van der Waals surface area contributed by atoms with E-state index in [1.807, 2.05) is 27.7 Å². The normalized spacial score (nSPS) is 24.9. The first-order chi connectivity index (χ1) is 14.6. The molecule has 2 fully saturated rings. The molecule has 2 aliphatic rings. The van der Waals surface area contributed by atoms with Gasteiger partial charge in [0.2, 0.25) is 0 Å². The number of carboxylic acid groups (broad SMARTS) is 1. The summed E-state index contributed by atoms with van der Waals surface area (Å²) in [6.07, 6.45) is 1.39. The molecule has 0 amide bonds. The molecular formula is C22H26N2O6S. The molecule has 0 saturated carbocycles. The van der Waals surface area contributed by atoms with Gasteiger partial charge in [0.05, 0.1) is 17.0 Å². The minimum Gasteiger partial charge on any atom is -0.490 e. The van der Waals surface area contributed by atoms with E-state index in [0.29, 0.717) is 29.4 Å². The first kappa shape index (κ1) is 21.7. The zero-order valence-electron chi connectivity index (χ0n) is 18.0. The molecule has 2 aliphatic heterocycles. The van der Waals surface area contributed by atoms with Crippen molar-refractivity contribution in [3.63, 3.8) is 0 Å². The third-order valence-corrected chi connectivity index (χ3v) is 6.23. The van der Waals surface area contributed by atoms with Crippen LogP contribution in [0.1, 0.15) is 36.0 Å². The molecule has 4 atom stereocenters. The molecule has 0 aliphatic carbocycles. The monoisotopic (exact) mass is 446 g/mol. The zero-order chi connectivity index (χ0) is 22.3. The molecule has 2 aromatic rings. The lowest BCUT2D eigenvalue weighted by molar-refractivity contribution is -0.194. The molecule has 3 heterocycles. The summed E-state index contributed by atoms with van der Waals surface area (Å²) in [5.74, 6) is -1.14. The van der Waals surface area contributed by atoms with Gasteiger partial charge in [-0.15, -0.1) is 11.3 Å². The van der Waals surface area contributed by atoms with Gasteiger partial charge in [-0.25, -0.2) is 9.78 Å². The lowest BCUT2D eigenvalue weighted by Crippen LogP contribution is -2.42. The maximum Gasteiger partial charge on any atom is 0.336 e. The van der Waals surface area contributed by atoms with Gasteiger partial charge in [-0.2, -0.15) is 5.06 Å². The topological polar surface area (TPSA) is 98.2 Å². The van der Waals surface area contributed by atoms with Crippen LogP contribution in [-0.2, 0) is 14.4 Å². The molecule has 1 aromatic carbocycles. The van der Waals surface area contributed by atoms with Crippen molar-refractivity contribution in [1.82, 2.24) is 10.0 Å². The van der Waals surface area contributed by atoms with Crippen LogP contribution in [0.15, 0.2) is 24.4 Å². The number of aromatic carboxylic acids is 1. The summed E-state index contributed by atoms with van der Waals surface area (Å²) < 4.78 is 11.6. The zero-order valence-corrected chi connectivity index (χ0v) is 18.8. The first-order valence-corrected chi connectivity index (χ1v) is 11.0. The number of carbonyl (C=O) groups is 2. The highest BCUT2D eigenvalue weighted by atomic mass is 32.1. The van der Waals surface area contributed by atoms with Gasteiger partial charge < -0.3 is 14.6 Å². The fourth-order valence-electron chi connectivity index (χ4n) is 4.00. The van der Waals surface area contributed by atoms with Crippen molar-refractivity contribution >= 4 is 23.3 Å². The summed E-state index contributed by atoms with van der Waals surface area (Å²) >= 11 is 1.41. The minimum absolute atomic E-state index is 0.0388. The molecular weight excluding hydrogens is 420 g/mol. The number of esters is 1. The Morgan fingerprint density at radius 1 is 1.32 bits per heavy atom. The summed E-state index contributed by atoms with van der Waals surface area (Å²) in [4.78, 5) is 35.6. The Labute approximate surface area is 184 Å². The molecule has 8 nitrogen and oxygen atoms in total. The van der Waals surface area contributed by atoms with Crippen molar-refractivity contribution in [2.24, 2.45) is 11.8 Å². The van der Waals surface area contributed by atoms with E-state index < -0.39 is 11.6 Å². The number of hydrogen-bond donors (Lipinski definition) is 1. The molecule has 4 rings (SSSR count). The summed E-state index contributed by atoms with van der Waals surface area (Å²) in [6.45, 7) is 8.83. The van der Waals surface area contributed by atoms with Crippen molar-refractivity contribution in [2.75, 3.05) is 19.7 Å². The van der Waals surface area contributed by atoms with E-state index in [0.717, 1.165) is 4.88 Å². The molecule has 1 N–H and O–H groups in total. The summed E-state index contributed by atoms with van der Waals surface area (Å²) in [5.41, 5.74) is 0.0513. The standard InChI is InChI=1S/C22H26N2O6S/c1-12-8-23-19(31-12)18-13(20(25)26)6-5-7-16(18)28-11-17-14-9-24(30-17)10-15(14)21(27)29-22(2,3)4/h5-8,14-15,17H,9-11H2,1-4H3,(H,25,26). The van der Waals surface area contributed by atoms with Crippen LogP contribution in [0, 0.1) is 18.8 Å². The summed E-state index contributed by atoms with van der Waals surface area (Å²) in [7, 11) is 0. The Balaban J connectivity index is 1.52. The molecule has 2 bridgehead atoms. The first-order valence-electron chi connectivity index (χ1n) is 10.2. The van der Waals surface area contributed by atoms with E-state index in [4.69, 9.17) is 14.3 Å². The van der Waals surface area contributed by atoms with Crippen LogP contribution in [-0.4, -0.2) is 58.5 Å². The number of rotatable bonds is 6. The average molecular weight is 447 g/mol.